The average Bonchev–Trinajstić information content (AvgIpc) is 2.77. The fourth-order valence-electron chi connectivity index (χ4n) is 1.28. The van der Waals surface area contributed by atoms with Crippen molar-refractivity contribution in [2.45, 2.75) is 13.1 Å². The molecule has 2 rings (SSSR count). The van der Waals surface area contributed by atoms with Crippen LogP contribution in [0.25, 0.3) is 0 Å². The predicted octanol–water partition coefficient (Wildman–Crippen LogP) is 1.83. The minimum atomic E-state index is 0.253. The number of benzene rings is 1. The molecule has 0 bridgehead atoms. The van der Waals surface area contributed by atoms with Gasteiger partial charge in [-0.15, -0.1) is 0 Å². The van der Waals surface area contributed by atoms with E-state index in [4.69, 9.17) is 0 Å². The zero-order valence-corrected chi connectivity index (χ0v) is 9.94. The lowest BCUT2D eigenvalue weighted by atomic mass is 10.2. The third kappa shape index (κ3) is 2.59. The Bertz CT molecular complexity index is 459. The van der Waals surface area contributed by atoms with E-state index in [0.29, 0.717) is 23.4 Å². The van der Waals surface area contributed by atoms with Crippen molar-refractivity contribution < 1.29 is 9.63 Å². The highest BCUT2D eigenvalue weighted by molar-refractivity contribution is 9.10. The largest absolute Gasteiger partial charge is 0.506 e. The maximum absolute atomic E-state index is 9.72. The third-order valence-electron chi connectivity index (χ3n) is 2.08. The second kappa shape index (κ2) is 5.09. The Morgan fingerprint density at radius 1 is 1.38 bits per heavy atom. The van der Waals surface area contributed by atoms with Gasteiger partial charge in [0.15, 0.2) is 5.82 Å². The highest BCUT2D eigenvalue weighted by Crippen LogP contribution is 2.27. The summed E-state index contributed by atoms with van der Waals surface area (Å²) in [5.41, 5.74) is 0.817. The first-order chi connectivity index (χ1) is 7.77. The van der Waals surface area contributed by atoms with Crippen LogP contribution in [-0.4, -0.2) is 15.2 Å². The molecular weight excluding hydrogens is 274 g/mol. The molecule has 2 aromatic rings. The summed E-state index contributed by atoms with van der Waals surface area (Å²) >= 11 is 3.26. The Labute approximate surface area is 101 Å². The van der Waals surface area contributed by atoms with Gasteiger partial charge in [-0.25, -0.2) is 0 Å². The lowest BCUT2D eigenvalue weighted by Crippen LogP contribution is -2.13. The summed E-state index contributed by atoms with van der Waals surface area (Å²) in [5.74, 6) is 0.845. The fourth-order valence-corrected chi connectivity index (χ4v) is 1.69. The number of aromatic nitrogens is 2. The molecule has 0 amide bonds. The number of halogens is 1. The van der Waals surface area contributed by atoms with Crippen LogP contribution >= 0.6 is 15.9 Å². The molecule has 0 aliphatic heterocycles. The van der Waals surface area contributed by atoms with E-state index in [1.807, 2.05) is 12.1 Å². The van der Waals surface area contributed by atoms with Crippen LogP contribution in [0.3, 0.4) is 0 Å². The van der Waals surface area contributed by atoms with Gasteiger partial charge < -0.3 is 14.9 Å². The molecule has 0 radical (unpaired) electrons. The molecule has 84 valence electrons. The SMILES string of the molecule is Oc1c(Br)cccc1CNCc1ncon1. The Morgan fingerprint density at radius 3 is 3.00 bits per heavy atom. The van der Waals surface area contributed by atoms with Crippen LogP contribution in [-0.2, 0) is 13.1 Å². The zero-order chi connectivity index (χ0) is 11.4. The third-order valence-corrected chi connectivity index (χ3v) is 2.72. The molecule has 0 spiro atoms. The van der Waals surface area contributed by atoms with Gasteiger partial charge in [0.25, 0.3) is 0 Å². The summed E-state index contributed by atoms with van der Waals surface area (Å²) in [6.45, 7) is 1.04. The number of nitrogens with zero attached hydrogens (tertiary/aromatic N) is 2. The van der Waals surface area contributed by atoms with Crippen LogP contribution < -0.4 is 5.32 Å². The molecule has 0 aliphatic carbocycles. The van der Waals surface area contributed by atoms with Gasteiger partial charge in [0.05, 0.1) is 11.0 Å². The molecule has 1 aromatic carbocycles. The fraction of sp³-hybridized carbons (Fsp3) is 0.200. The summed E-state index contributed by atoms with van der Waals surface area (Å²) in [4.78, 5) is 3.88. The number of rotatable bonds is 4. The second-order valence-corrected chi connectivity index (χ2v) is 4.05. The van der Waals surface area contributed by atoms with Crippen molar-refractivity contribution in [1.82, 2.24) is 15.5 Å². The van der Waals surface area contributed by atoms with E-state index in [0.717, 1.165) is 5.56 Å². The van der Waals surface area contributed by atoms with E-state index in [1.165, 1.54) is 6.39 Å². The lowest BCUT2D eigenvalue weighted by molar-refractivity contribution is 0.407. The molecule has 0 saturated heterocycles. The first kappa shape index (κ1) is 11.1. The molecule has 1 heterocycles. The van der Waals surface area contributed by atoms with Crippen LogP contribution in [0, 0.1) is 0 Å². The highest BCUT2D eigenvalue weighted by Gasteiger charge is 2.04. The smallest absolute Gasteiger partial charge is 0.213 e. The Kier molecular flexibility index (Phi) is 3.53. The van der Waals surface area contributed by atoms with Gasteiger partial charge in [-0.1, -0.05) is 17.3 Å². The number of phenolic OH excluding ortho intramolecular Hbond substituents is 1. The Hall–Kier alpha value is -1.40. The van der Waals surface area contributed by atoms with Crippen molar-refractivity contribution in [1.29, 1.82) is 0 Å². The Balaban J connectivity index is 1.92. The second-order valence-electron chi connectivity index (χ2n) is 3.20. The number of hydrogen-bond acceptors (Lipinski definition) is 5. The van der Waals surface area contributed by atoms with Gasteiger partial charge in [-0.3, -0.25) is 0 Å². The number of hydrogen-bond donors (Lipinski definition) is 2. The molecule has 6 heteroatoms. The molecule has 16 heavy (non-hydrogen) atoms. The van der Waals surface area contributed by atoms with Gasteiger partial charge >= 0.3 is 0 Å². The molecule has 0 atom stereocenters. The molecular formula is C10H10BrN3O2. The summed E-state index contributed by atoms with van der Waals surface area (Å²) in [6, 6.07) is 5.51. The number of phenols is 1. The molecule has 2 N–H and O–H groups in total. The van der Waals surface area contributed by atoms with Crippen LogP contribution in [0.1, 0.15) is 11.4 Å². The van der Waals surface area contributed by atoms with Crippen molar-refractivity contribution >= 4 is 15.9 Å². The van der Waals surface area contributed by atoms with Gasteiger partial charge in [0.2, 0.25) is 6.39 Å². The topological polar surface area (TPSA) is 71.2 Å². The maximum atomic E-state index is 9.72. The average molecular weight is 284 g/mol. The van der Waals surface area contributed by atoms with Gasteiger partial charge in [-0.2, -0.15) is 4.98 Å². The lowest BCUT2D eigenvalue weighted by Gasteiger charge is -2.06. The van der Waals surface area contributed by atoms with Crippen molar-refractivity contribution in [2.24, 2.45) is 0 Å². The summed E-state index contributed by atoms with van der Waals surface area (Å²) in [5, 5.41) is 16.5. The quantitative estimate of drug-likeness (QED) is 0.896. The van der Waals surface area contributed by atoms with Crippen molar-refractivity contribution in [3.05, 3.63) is 40.5 Å². The minimum absolute atomic E-state index is 0.253. The van der Waals surface area contributed by atoms with Gasteiger partial charge in [-0.05, 0) is 22.0 Å². The molecule has 0 fully saturated rings. The monoisotopic (exact) mass is 283 g/mol. The maximum Gasteiger partial charge on any atom is 0.213 e. The standard InChI is InChI=1S/C10H10BrN3O2/c11-8-3-1-2-7(10(8)15)4-12-5-9-13-6-16-14-9/h1-3,6,12,15H,4-5H2. The van der Waals surface area contributed by atoms with E-state index in [-0.39, 0.29) is 5.75 Å². The number of aromatic hydroxyl groups is 1. The molecule has 0 aliphatic rings. The van der Waals surface area contributed by atoms with Crippen molar-refractivity contribution in [2.75, 3.05) is 0 Å². The summed E-state index contributed by atoms with van der Waals surface area (Å²) in [7, 11) is 0. The van der Waals surface area contributed by atoms with E-state index >= 15 is 0 Å². The molecule has 1 aromatic heterocycles. The first-order valence-electron chi connectivity index (χ1n) is 4.69. The van der Waals surface area contributed by atoms with Crippen molar-refractivity contribution in [3.63, 3.8) is 0 Å². The van der Waals surface area contributed by atoms with Crippen LogP contribution in [0.4, 0.5) is 0 Å². The highest BCUT2D eigenvalue weighted by atomic mass is 79.9. The first-order valence-corrected chi connectivity index (χ1v) is 5.49. The normalized spacial score (nSPS) is 10.6. The molecule has 5 nitrogen and oxygen atoms in total. The summed E-state index contributed by atoms with van der Waals surface area (Å²) in [6.07, 6.45) is 1.29. The van der Waals surface area contributed by atoms with Crippen LogP contribution in [0.2, 0.25) is 0 Å². The molecule has 0 saturated carbocycles. The predicted molar refractivity (Wildman–Crippen MR) is 60.6 cm³/mol. The van der Waals surface area contributed by atoms with Crippen LogP contribution in [0.15, 0.2) is 33.6 Å². The van der Waals surface area contributed by atoms with Crippen LogP contribution in [0.5, 0.6) is 5.75 Å². The molecule has 0 unspecified atom stereocenters. The van der Waals surface area contributed by atoms with Crippen molar-refractivity contribution in [3.8, 4) is 5.75 Å². The van der Waals surface area contributed by atoms with Gasteiger partial charge in [0.1, 0.15) is 5.75 Å². The van der Waals surface area contributed by atoms with E-state index in [1.54, 1.807) is 6.07 Å². The van der Waals surface area contributed by atoms with E-state index in [9.17, 15) is 5.11 Å². The number of para-hydroxylation sites is 1. The minimum Gasteiger partial charge on any atom is -0.506 e. The van der Waals surface area contributed by atoms with E-state index in [2.05, 4.69) is 35.9 Å². The zero-order valence-electron chi connectivity index (χ0n) is 8.35. The number of nitrogens with one attached hydrogen (secondary N) is 1. The van der Waals surface area contributed by atoms with E-state index < -0.39 is 0 Å². The van der Waals surface area contributed by atoms with Gasteiger partial charge in [0, 0.05) is 12.1 Å². The Morgan fingerprint density at radius 2 is 2.25 bits per heavy atom. The summed E-state index contributed by atoms with van der Waals surface area (Å²) < 4.78 is 5.29.